The predicted molar refractivity (Wildman–Crippen MR) is 140 cm³/mol. The first-order chi connectivity index (χ1) is 18.9. The van der Waals surface area contributed by atoms with Crippen LogP contribution >= 0.6 is 0 Å². The number of hydrogen-bond acceptors (Lipinski definition) is 7. The van der Waals surface area contributed by atoms with Gasteiger partial charge < -0.3 is 14.5 Å². The zero-order valence-corrected chi connectivity index (χ0v) is 20.3. The highest BCUT2D eigenvalue weighted by Crippen LogP contribution is 2.28. The minimum absolute atomic E-state index is 0.269. The number of nitrogens with zero attached hydrogens (tertiary/aromatic N) is 1. The third-order valence-corrected chi connectivity index (χ3v) is 6.95. The maximum absolute atomic E-state index is 12.1. The summed E-state index contributed by atoms with van der Waals surface area (Å²) in [7, 11) is 0. The van der Waals surface area contributed by atoms with Gasteiger partial charge in [0.15, 0.2) is 0 Å². The van der Waals surface area contributed by atoms with Crippen LogP contribution < -0.4 is 0 Å². The molecule has 0 unspecified atom stereocenters. The zero-order valence-electron chi connectivity index (χ0n) is 20.3. The molecule has 0 spiro atoms. The summed E-state index contributed by atoms with van der Waals surface area (Å²) < 4.78 is 9.46. The van der Waals surface area contributed by atoms with E-state index in [1.807, 2.05) is 48.5 Å². The van der Waals surface area contributed by atoms with E-state index in [1.165, 1.54) is 0 Å². The van der Waals surface area contributed by atoms with Crippen LogP contribution in [0.1, 0.15) is 63.7 Å². The zero-order chi connectivity index (χ0) is 26.7. The molecule has 7 rings (SSSR count). The molecular formula is C31H18N2O6. The van der Waals surface area contributed by atoms with Crippen molar-refractivity contribution < 1.29 is 28.7 Å². The normalized spacial score (nSPS) is 13.9. The van der Waals surface area contributed by atoms with Gasteiger partial charge in [0, 0.05) is 5.56 Å². The van der Waals surface area contributed by atoms with Gasteiger partial charge in [0.2, 0.25) is 0 Å². The molecule has 188 valence electrons. The molecule has 0 radical (unpaired) electrons. The maximum atomic E-state index is 12.1. The van der Waals surface area contributed by atoms with E-state index in [0.717, 1.165) is 38.9 Å². The summed E-state index contributed by atoms with van der Waals surface area (Å²) in [5.74, 6) is -1.82. The fourth-order valence-electron chi connectivity index (χ4n) is 5.15. The van der Waals surface area contributed by atoms with Crippen LogP contribution in [0.3, 0.4) is 0 Å². The van der Waals surface area contributed by atoms with Crippen LogP contribution in [-0.4, -0.2) is 33.8 Å². The average Bonchev–Trinajstić information content (AvgIpc) is 3.57. The Hall–Kier alpha value is -5.37. The number of H-pyrrole nitrogens is 1. The van der Waals surface area contributed by atoms with Crippen LogP contribution in [0.2, 0.25) is 0 Å². The third-order valence-electron chi connectivity index (χ3n) is 6.95. The number of benzene rings is 4. The summed E-state index contributed by atoms with van der Waals surface area (Å²) in [5, 5.41) is 0. The number of aromatic amines is 1. The quantitative estimate of drug-likeness (QED) is 0.258. The Bertz CT molecular complexity index is 1770. The van der Waals surface area contributed by atoms with Crippen molar-refractivity contribution in [2.45, 2.75) is 12.8 Å². The Morgan fingerprint density at radius 1 is 0.564 bits per heavy atom. The first-order valence-electron chi connectivity index (χ1n) is 12.3. The minimum atomic E-state index is -0.637. The summed E-state index contributed by atoms with van der Waals surface area (Å²) in [6, 6.07) is 24.2. The lowest BCUT2D eigenvalue weighted by Crippen LogP contribution is -1.99. The van der Waals surface area contributed by atoms with Gasteiger partial charge in [-0.2, -0.15) is 0 Å². The summed E-state index contributed by atoms with van der Waals surface area (Å²) in [6.07, 6.45) is 1.00. The molecule has 8 heteroatoms. The molecule has 0 fully saturated rings. The molecule has 0 amide bonds. The van der Waals surface area contributed by atoms with Crippen LogP contribution in [0.4, 0.5) is 0 Å². The van der Waals surface area contributed by atoms with Gasteiger partial charge in [-0.05, 0) is 83.6 Å². The molecule has 0 saturated carbocycles. The first kappa shape index (κ1) is 22.8. The molecule has 1 aromatic heterocycles. The molecule has 0 bridgehead atoms. The molecule has 4 aromatic carbocycles. The van der Waals surface area contributed by atoms with Crippen molar-refractivity contribution in [1.82, 2.24) is 9.97 Å². The van der Waals surface area contributed by atoms with Crippen molar-refractivity contribution in [1.29, 1.82) is 0 Å². The maximum Gasteiger partial charge on any atom is 0.346 e. The number of rotatable bonds is 5. The summed E-state index contributed by atoms with van der Waals surface area (Å²) in [6.45, 7) is 0. The van der Waals surface area contributed by atoms with E-state index in [2.05, 4.69) is 11.1 Å². The smallest absolute Gasteiger partial charge is 0.346 e. The number of hydrogen-bond donors (Lipinski definition) is 1. The number of cyclic esters (lactones) is 4. The van der Waals surface area contributed by atoms with Gasteiger partial charge >= 0.3 is 23.9 Å². The van der Waals surface area contributed by atoms with Crippen LogP contribution in [0.5, 0.6) is 0 Å². The number of imidazole rings is 1. The molecule has 0 saturated heterocycles. The summed E-state index contributed by atoms with van der Waals surface area (Å²) >= 11 is 0. The topological polar surface area (TPSA) is 115 Å². The molecule has 2 aliphatic rings. The molecule has 8 nitrogen and oxygen atoms in total. The van der Waals surface area contributed by atoms with Gasteiger partial charge in [-0.3, -0.25) is 0 Å². The Morgan fingerprint density at radius 3 is 1.67 bits per heavy atom. The largest absolute Gasteiger partial charge is 0.386 e. The Labute approximate surface area is 221 Å². The molecule has 39 heavy (non-hydrogen) atoms. The van der Waals surface area contributed by atoms with Crippen molar-refractivity contribution in [3.05, 3.63) is 123 Å². The summed E-state index contributed by atoms with van der Waals surface area (Å²) in [5.41, 5.74) is 7.38. The highest BCUT2D eigenvalue weighted by Gasteiger charge is 2.30. The fourth-order valence-corrected chi connectivity index (χ4v) is 5.15. The first-order valence-corrected chi connectivity index (χ1v) is 12.3. The van der Waals surface area contributed by atoms with Gasteiger partial charge in [0.25, 0.3) is 0 Å². The molecule has 5 aromatic rings. The predicted octanol–water partition coefficient (Wildman–Crippen LogP) is 5.03. The number of para-hydroxylation sites is 2. The summed E-state index contributed by atoms with van der Waals surface area (Å²) in [4.78, 5) is 56.0. The van der Waals surface area contributed by atoms with Crippen molar-refractivity contribution >= 4 is 34.9 Å². The number of esters is 4. The van der Waals surface area contributed by atoms with Gasteiger partial charge in [0.05, 0.1) is 33.3 Å². The van der Waals surface area contributed by atoms with Crippen molar-refractivity contribution in [3.8, 4) is 11.4 Å². The second kappa shape index (κ2) is 8.59. The van der Waals surface area contributed by atoms with Gasteiger partial charge in [-0.15, -0.1) is 0 Å². The second-order valence-electron chi connectivity index (χ2n) is 9.61. The van der Waals surface area contributed by atoms with Gasteiger partial charge in [-0.1, -0.05) is 30.3 Å². The standard InChI is InChI=1S/C31H18N2O6/c34-28-21-7-5-16(14-23(21)30(36)38-28)9-18-11-19(10-17-6-8-22-24(15-17)31(37)39-29(22)35)13-20(12-18)27-32-25-3-1-2-4-26(25)33-27/h1-8,11-15H,9-10H2,(H,32,33). The Kier molecular flexibility index (Phi) is 5.02. The van der Waals surface area contributed by atoms with Gasteiger partial charge in [0.1, 0.15) is 5.82 Å². The number of carbonyl (C=O) groups excluding carboxylic acids is 4. The number of ether oxygens (including phenoxy) is 2. The van der Waals surface area contributed by atoms with E-state index < -0.39 is 23.9 Å². The number of carbonyl (C=O) groups is 4. The highest BCUT2D eigenvalue weighted by atomic mass is 16.6. The van der Waals surface area contributed by atoms with E-state index in [9.17, 15) is 19.2 Å². The Morgan fingerprint density at radius 2 is 1.10 bits per heavy atom. The van der Waals surface area contributed by atoms with E-state index in [1.54, 1.807) is 24.3 Å². The lowest BCUT2D eigenvalue weighted by molar-refractivity contribution is 0.0425. The van der Waals surface area contributed by atoms with Crippen molar-refractivity contribution in [3.63, 3.8) is 0 Å². The number of fused-ring (bicyclic) bond motifs is 3. The van der Waals surface area contributed by atoms with Crippen molar-refractivity contribution in [2.24, 2.45) is 0 Å². The molecule has 3 heterocycles. The lowest BCUT2D eigenvalue weighted by Gasteiger charge is -2.11. The Balaban J connectivity index is 1.28. The van der Waals surface area contributed by atoms with Crippen LogP contribution in [0.25, 0.3) is 22.4 Å². The minimum Gasteiger partial charge on any atom is -0.386 e. The fraction of sp³-hybridized carbons (Fsp3) is 0.0645. The monoisotopic (exact) mass is 514 g/mol. The number of nitrogens with one attached hydrogen (secondary N) is 1. The number of aromatic nitrogens is 2. The lowest BCUT2D eigenvalue weighted by atomic mass is 9.94. The molecule has 0 aliphatic carbocycles. The molecule has 1 N–H and O–H groups in total. The van der Waals surface area contributed by atoms with Gasteiger partial charge in [-0.25, -0.2) is 24.2 Å². The van der Waals surface area contributed by atoms with E-state index in [0.29, 0.717) is 18.7 Å². The van der Waals surface area contributed by atoms with E-state index in [-0.39, 0.29) is 22.3 Å². The second-order valence-corrected chi connectivity index (χ2v) is 9.61. The molecular weight excluding hydrogens is 496 g/mol. The van der Waals surface area contributed by atoms with Crippen LogP contribution in [-0.2, 0) is 22.3 Å². The van der Waals surface area contributed by atoms with Crippen LogP contribution in [0, 0.1) is 0 Å². The molecule has 2 aliphatic heterocycles. The third kappa shape index (κ3) is 3.99. The van der Waals surface area contributed by atoms with E-state index >= 15 is 0 Å². The van der Waals surface area contributed by atoms with Crippen molar-refractivity contribution in [2.75, 3.05) is 0 Å². The highest BCUT2D eigenvalue weighted by molar-refractivity contribution is 6.15. The average molecular weight is 514 g/mol. The van der Waals surface area contributed by atoms with Crippen LogP contribution in [0.15, 0.2) is 78.9 Å². The van der Waals surface area contributed by atoms with E-state index in [4.69, 9.17) is 14.5 Å². The molecule has 0 atom stereocenters. The SMILES string of the molecule is O=C1OC(=O)c2cc(Cc3cc(Cc4ccc5c(c4)C(=O)OC5=O)cc(-c4nc5ccccc5[nH]4)c3)ccc21.